The standard InChI is InChI=1S/C11H8N2O2S/c14-11(15)8-4-6-12-7-9(8)16-10-3-1-2-5-13-10/h1-7H,(H,14,15). The van der Waals surface area contributed by atoms with E-state index >= 15 is 0 Å². The lowest BCUT2D eigenvalue weighted by atomic mass is 10.3. The van der Waals surface area contributed by atoms with Gasteiger partial charge in [0, 0.05) is 23.5 Å². The number of pyridine rings is 2. The van der Waals surface area contributed by atoms with Gasteiger partial charge in [0.1, 0.15) is 5.03 Å². The molecule has 2 rings (SSSR count). The van der Waals surface area contributed by atoms with Crippen LogP contribution in [0.15, 0.2) is 52.8 Å². The van der Waals surface area contributed by atoms with Crippen molar-refractivity contribution in [1.29, 1.82) is 0 Å². The van der Waals surface area contributed by atoms with Gasteiger partial charge in [-0.25, -0.2) is 9.78 Å². The van der Waals surface area contributed by atoms with Gasteiger partial charge < -0.3 is 5.11 Å². The minimum absolute atomic E-state index is 0.241. The number of carboxylic acids is 1. The van der Waals surface area contributed by atoms with Crippen LogP contribution in [0.2, 0.25) is 0 Å². The SMILES string of the molecule is O=C(O)c1ccncc1Sc1ccccn1. The lowest BCUT2D eigenvalue weighted by molar-refractivity contribution is 0.0693. The Hall–Kier alpha value is -1.88. The van der Waals surface area contributed by atoms with Gasteiger partial charge in [0.05, 0.1) is 5.56 Å². The summed E-state index contributed by atoms with van der Waals surface area (Å²) < 4.78 is 0. The van der Waals surface area contributed by atoms with Gasteiger partial charge in [-0.15, -0.1) is 0 Å². The van der Waals surface area contributed by atoms with Gasteiger partial charge in [0.2, 0.25) is 0 Å². The molecular formula is C11H8N2O2S. The van der Waals surface area contributed by atoms with Crippen LogP contribution in [0.3, 0.4) is 0 Å². The first kappa shape index (κ1) is 10.6. The average Bonchev–Trinajstić information content (AvgIpc) is 2.31. The van der Waals surface area contributed by atoms with Crippen LogP contribution < -0.4 is 0 Å². The lowest BCUT2D eigenvalue weighted by Gasteiger charge is -2.03. The minimum Gasteiger partial charge on any atom is -0.478 e. The molecule has 0 aliphatic rings. The summed E-state index contributed by atoms with van der Waals surface area (Å²) in [5.74, 6) is -0.958. The number of rotatable bonds is 3. The largest absolute Gasteiger partial charge is 0.478 e. The highest BCUT2D eigenvalue weighted by atomic mass is 32.2. The van der Waals surface area contributed by atoms with E-state index in [0.717, 1.165) is 5.03 Å². The van der Waals surface area contributed by atoms with E-state index in [2.05, 4.69) is 9.97 Å². The van der Waals surface area contributed by atoms with Crippen LogP contribution in [-0.2, 0) is 0 Å². The highest BCUT2D eigenvalue weighted by molar-refractivity contribution is 7.99. The fourth-order valence-corrected chi connectivity index (χ4v) is 2.02. The zero-order valence-electron chi connectivity index (χ0n) is 8.20. The van der Waals surface area contributed by atoms with Crippen molar-refractivity contribution >= 4 is 17.7 Å². The van der Waals surface area contributed by atoms with E-state index in [-0.39, 0.29) is 5.56 Å². The normalized spacial score (nSPS) is 10.0. The monoisotopic (exact) mass is 232 g/mol. The van der Waals surface area contributed by atoms with Crippen LogP contribution in [0.1, 0.15) is 10.4 Å². The average molecular weight is 232 g/mol. The fourth-order valence-electron chi connectivity index (χ4n) is 1.16. The number of carbonyl (C=O) groups is 1. The molecule has 0 aliphatic heterocycles. The maximum absolute atomic E-state index is 11.0. The Labute approximate surface area is 96.4 Å². The number of hydrogen-bond donors (Lipinski definition) is 1. The first-order valence-corrected chi connectivity index (χ1v) is 5.35. The second-order valence-electron chi connectivity index (χ2n) is 2.95. The van der Waals surface area contributed by atoms with Gasteiger partial charge in [0.25, 0.3) is 0 Å². The second-order valence-corrected chi connectivity index (χ2v) is 4.01. The molecule has 2 aromatic heterocycles. The van der Waals surface area contributed by atoms with Crippen LogP contribution in [0.25, 0.3) is 0 Å². The van der Waals surface area contributed by atoms with Crippen molar-refractivity contribution in [3.8, 4) is 0 Å². The first-order valence-electron chi connectivity index (χ1n) is 4.53. The number of hydrogen-bond acceptors (Lipinski definition) is 4. The van der Waals surface area contributed by atoms with E-state index in [1.54, 1.807) is 6.20 Å². The third kappa shape index (κ3) is 2.38. The highest BCUT2D eigenvalue weighted by Crippen LogP contribution is 2.27. The Kier molecular flexibility index (Phi) is 3.16. The zero-order chi connectivity index (χ0) is 11.4. The summed E-state index contributed by atoms with van der Waals surface area (Å²) in [6.45, 7) is 0. The summed E-state index contributed by atoms with van der Waals surface area (Å²) in [6, 6.07) is 6.97. The highest BCUT2D eigenvalue weighted by Gasteiger charge is 2.10. The predicted octanol–water partition coefficient (Wildman–Crippen LogP) is 2.33. The fraction of sp³-hybridized carbons (Fsp3) is 0. The van der Waals surface area contributed by atoms with Crippen molar-refractivity contribution in [2.45, 2.75) is 9.92 Å². The molecule has 2 heterocycles. The molecule has 0 amide bonds. The Bertz CT molecular complexity index is 502. The molecule has 0 fully saturated rings. The molecule has 0 unspecified atom stereocenters. The molecule has 0 saturated heterocycles. The van der Waals surface area contributed by atoms with E-state index in [1.807, 2.05) is 18.2 Å². The van der Waals surface area contributed by atoms with Gasteiger partial charge >= 0.3 is 5.97 Å². The predicted molar refractivity (Wildman–Crippen MR) is 59.6 cm³/mol. The van der Waals surface area contributed by atoms with Crippen LogP contribution in [0.5, 0.6) is 0 Å². The summed E-state index contributed by atoms with van der Waals surface area (Å²) in [5.41, 5.74) is 0.241. The maximum atomic E-state index is 11.0. The molecule has 0 aliphatic carbocycles. The van der Waals surface area contributed by atoms with Gasteiger partial charge in [-0.2, -0.15) is 0 Å². The van der Waals surface area contributed by atoms with E-state index < -0.39 is 5.97 Å². The van der Waals surface area contributed by atoms with Crippen LogP contribution in [-0.4, -0.2) is 21.0 Å². The van der Waals surface area contributed by atoms with Gasteiger partial charge in [-0.3, -0.25) is 4.98 Å². The molecule has 0 aromatic carbocycles. The molecule has 0 spiro atoms. The number of carboxylic acid groups (broad SMARTS) is 1. The quantitative estimate of drug-likeness (QED) is 0.879. The lowest BCUT2D eigenvalue weighted by Crippen LogP contribution is -1.99. The Morgan fingerprint density at radius 3 is 2.81 bits per heavy atom. The topological polar surface area (TPSA) is 63.1 Å². The van der Waals surface area contributed by atoms with Crippen molar-refractivity contribution in [3.63, 3.8) is 0 Å². The van der Waals surface area contributed by atoms with Gasteiger partial charge in [-0.1, -0.05) is 17.8 Å². The molecule has 2 aromatic rings. The van der Waals surface area contributed by atoms with Crippen molar-refractivity contribution < 1.29 is 9.90 Å². The maximum Gasteiger partial charge on any atom is 0.336 e. The third-order valence-electron chi connectivity index (χ3n) is 1.87. The van der Waals surface area contributed by atoms with E-state index in [1.165, 1.54) is 30.2 Å². The van der Waals surface area contributed by atoms with Crippen LogP contribution >= 0.6 is 11.8 Å². The molecule has 80 valence electrons. The molecule has 16 heavy (non-hydrogen) atoms. The molecule has 0 atom stereocenters. The molecular weight excluding hydrogens is 224 g/mol. The van der Waals surface area contributed by atoms with E-state index in [9.17, 15) is 4.79 Å². The van der Waals surface area contributed by atoms with Crippen molar-refractivity contribution in [1.82, 2.24) is 9.97 Å². The molecule has 4 nitrogen and oxygen atoms in total. The summed E-state index contributed by atoms with van der Waals surface area (Å²) in [7, 11) is 0. The van der Waals surface area contributed by atoms with Crippen LogP contribution in [0.4, 0.5) is 0 Å². The number of aromatic carboxylic acids is 1. The summed E-state index contributed by atoms with van der Waals surface area (Å²) in [4.78, 5) is 19.6. The molecule has 0 radical (unpaired) electrons. The van der Waals surface area contributed by atoms with E-state index in [0.29, 0.717) is 4.90 Å². The Balaban J connectivity index is 2.31. The van der Waals surface area contributed by atoms with Crippen molar-refractivity contribution in [2.75, 3.05) is 0 Å². The Morgan fingerprint density at radius 1 is 1.25 bits per heavy atom. The molecule has 1 N–H and O–H groups in total. The van der Waals surface area contributed by atoms with Gasteiger partial charge in [0.15, 0.2) is 0 Å². The summed E-state index contributed by atoms with van der Waals surface area (Å²) in [5, 5.41) is 9.73. The minimum atomic E-state index is -0.958. The third-order valence-corrected chi connectivity index (χ3v) is 2.86. The van der Waals surface area contributed by atoms with Crippen molar-refractivity contribution in [3.05, 3.63) is 48.4 Å². The van der Waals surface area contributed by atoms with E-state index in [4.69, 9.17) is 5.11 Å². The first-order chi connectivity index (χ1) is 7.77. The summed E-state index contributed by atoms with van der Waals surface area (Å²) in [6.07, 6.45) is 4.66. The smallest absolute Gasteiger partial charge is 0.336 e. The molecule has 0 bridgehead atoms. The molecule has 0 saturated carbocycles. The number of nitrogens with zero attached hydrogens (tertiary/aromatic N) is 2. The van der Waals surface area contributed by atoms with Crippen LogP contribution in [0, 0.1) is 0 Å². The second kappa shape index (κ2) is 4.76. The summed E-state index contributed by atoms with van der Waals surface area (Å²) >= 11 is 1.29. The Morgan fingerprint density at radius 2 is 2.12 bits per heavy atom. The molecule has 5 heteroatoms. The zero-order valence-corrected chi connectivity index (χ0v) is 9.02. The van der Waals surface area contributed by atoms with Crippen molar-refractivity contribution in [2.24, 2.45) is 0 Å². The van der Waals surface area contributed by atoms with Gasteiger partial charge in [-0.05, 0) is 18.2 Å². The number of aromatic nitrogens is 2.